The zero-order valence-electron chi connectivity index (χ0n) is 12.6. The van der Waals surface area contributed by atoms with Crippen molar-refractivity contribution in [2.24, 2.45) is 0 Å². The number of anilines is 4. The highest BCUT2D eigenvalue weighted by Crippen LogP contribution is 2.28. The van der Waals surface area contributed by atoms with Crippen molar-refractivity contribution in [2.75, 3.05) is 10.6 Å². The molecule has 4 rings (SSSR count). The molecule has 0 aliphatic carbocycles. The third-order valence-electron chi connectivity index (χ3n) is 3.36. The summed E-state index contributed by atoms with van der Waals surface area (Å²) in [7, 11) is 0. The molecule has 0 aliphatic heterocycles. The lowest BCUT2D eigenvalue weighted by Gasteiger charge is -2.12. The lowest BCUT2D eigenvalue weighted by Crippen LogP contribution is -2.04. The summed E-state index contributed by atoms with van der Waals surface area (Å²) in [4.78, 5) is 8.39. The number of hydrogen-bond acceptors (Lipinski definition) is 7. The van der Waals surface area contributed by atoms with Crippen LogP contribution >= 0.6 is 0 Å². The van der Waals surface area contributed by atoms with Crippen molar-refractivity contribution in [3.63, 3.8) is 0 Å². The van der Waals surface area contributed by atoms with Crippen LogP contribution in [0.1, 0.15) is 0 Å². The van der Waals surface area contributed by atoms with Crippen molar-refractivity contribution in [3.8, 4) is 0 Å². The second-order valence-electron chi connectivity index (χ2n) is 5.03. The van der Waals surface area contributed by atoms with Crippen molar-refractivity contribution < 1.29 is 13.3 Å². The van der Waals surface area contributed by atoms with Crippen LogP contribution in [0.3, 0.4) is 0 Å². The third kappa shape index (κ3) is 2.94. The second-order valence-corrected chi connectivity index (χ2v) is 5.03. The highest BCUT2D eigenvalue weighted by Gasteiger charge is 2.15. The first-order valence-electron chi connectivity index (χ1n) is 7.24. The normalized spacial score (nSPS) is 10.8. The minimum Gasteiger partial charge on any atom is -0.335 e. The van der Waals surface area contributed by atoms with Gasteiger partial charge in [-0.2, -0.15) is 4.98 Å². The highest BCUT2D eigenvalue weighted by atomic mass is 19.1. The van der Waals surface area contributed by atoms with Gasteiger partial charge >= 0.3 is 0 Å². The van der Waals surface area contributed by atoms with Gasteiger partial charge in [0.05, 0.1) is 11.4 Å². The number of nitrogens with zero attached hydrogens (tertiary/aromatic N) is 4. The predicted octanol–water partition coefficient (Wildman–Crippen LogP) is 3.78. The maximum absolute atomic E-state index is 13.9. The monoisotopic (exact) mass is 340 g/mol. The van der Waals surface area contributed by atoms with Crippen molar-refractivity contribution in [3.05, 3.63) is 60.2 Å². The van der Waals surface area contributed by atoms with E-state index >= 15 is 0 Å². The molecule has 0 atom stereocenters. The van der Waals surface area contributed by atoms with Crippen molar-refractivity contribution in [1.29, 1.82) is 0 Å². The largest absolute Gasteiger partial charge is 0.335 e. The molecule has 0 unspecified atom stereocenters. The Hall–Kier alpha value is -3.62. The van der Waals surface area contributed by atoms with Gasteiger partial charge in [-0.25, -0.2) is 13.8 Å². The molecule has 0 amide bonds. The fourth-order valence-corrected chi connectivity index (χ4v) is 2.19. The quantitative estimate of drug-likeness (QED) is 0.584. The Bertz CT molecular complexity index is 970. The zero-order chi connectivity index (χ0) is 17.2. The zero-order valence-corrected chi connectivity index (χ0v) is 12.6. The van der Waals surface area contributed by atoms with Gasteiger partial charge in [0.25, 0.3) is 5.71 Å². The SMILES string of the molecule is Fc1ccccc1Nc1nc2nnoc2nc1Nc1ccccc1F. The summed E-state index contributed by atoms with van der Waals surface area (Å²) >= 11 is 0. The fourth-order valence-electron chi connectivity index (χ4n) is 2.19. The van der Waals surface area contributed by atoms with Crippen molar-refractivity contribution in [1.82, 2.24) is 20.3 Å². The van der Waals surface area contributed by atoms with Gasteiger partial charge in [0.2, 0.25) is 5.65 Å². The average Bonchev–Trinajstić information content (AvgIpc) is 3.06. The summed E-state index contributed by atoms with van der Waals surface area (Å²) in [5.74, 6) is -0.660. The Labute approximate surface area is 139 Å². The molecule has 25 heavy (non-hydrogen) atoms. The van der Waals surface area contributed by atoms with E-state index in [2.05, 4.69) is 31.0 Å². The Morgan fingerprint density at radius 3 is 1.92 bits per heavy atom. The van der Waals surface area contributed by atoms with Crippen LogP contribution in [0.2, 0.25) is 0 Å². The molecule has 4 aromatic rings. The van der Waals surface area contributed by atoms with Crippen molar-refractivity contribution in [2.45, 2.75) is 0 Å². The summed E-state index contributed by atoms with van der Waals surface area (Å²) in [6.45, 7) is 0. The van der Waals surface area contributed by atoms with E-state index in [1.165, 1.54) is 24.3 Å². The standard InChI is InChI=1S/C16H10F2N6O/c17-9-5-1-3-7-11(9)19-13-14(20-12-8-4-2-6-10(12)18)22-16-15(21-13)23-24-25-16/h1-8H,(H,19,21)(H,20,22). The summed E-state index contributed by atoms with van der Waals surface area (Å²) in [6.07, 6.45) is 0. The van der Waals surface area contributed by atoms with Crippen molar-refractivity contribution >= 4 is 34.4 Å². The van der Waals surface area contributed by atoms with Gasteiger partial charge in [0.15, 0.2) is 11.6 Å². The molecule has 2 heterocycles. The van der Waals surface area contributed by atoms with Gasteiger partial charge in [-0.3, -0.25) is 0 Å². The molecule has 9 heteroatoms. The first-order valence-corrected chi connectivity index (χ1v) is 7.24. The molecule has 124 valence electrons. The van der Waals surface area contributed by atoms with Crippen LogP contribution in [0, 0.1) is 11.6 Å². The van der Waals surface area contributed by atoms with Crippen LogP contribution in [0.15, 0.2) is 53.1 Å². The first kappa shape index (κ1) is 14.9. The summed E-state index contributed by atoms with van der Waals surface area (Å²) in [5, 5.41) is 12.7. The molecular formula is C16H10F2N6O. The smallest absolute Gasteiger partial charge is 0.299 e. The van der Waals surface area contributed by atoms with Gasteiger partial charge in [-0.15, -0.1) is 0 Å². The third-order valence-corrected chi connectivity index (χ3v) is 3.36. The molecule has 7 nitrogen and oxygen atoms in total. The predicted molar refractivity (Wildman–Crippen MR) is 86.8 cm³/mol. The van der Waals surface area contributed by atoms with E-state index in [4.69, 9.17) is 4.52 Å². The molecule has 0 aliphatic rings. The second kappa shape index (κ2) is 6.11. The molecule has 0 spiro atoms. The lowest BCUT2D eigenvalue weighted by molar-refractivity contribution is 0.418. The van der Waals surface area contributed by atoms with Gasteiger partial charge in [0, 0.05) is 5.27 Å². The van der Waals surface area contributed by atoms with Gasteiger partial charge in [-0.1, -0.05) is 29.4 Å². The molecule has 2 aromatic carbocycles. The van der Waals surface area contributed by atoms with Crippen LogP contribution in [0.5, 0.6) is 0 Å². The van der Waals surface area contributed by atoms with E-state index in [1.807, 2.05) is 0 Å². The summed E-state index contributed by atoms with van der Waals surface area (Å²) in [5.41, 5.74) is 0.570. The van der Waals surface area contributed by atoms with E-state index in [9.17, 15) is 8.78 Å². The maximum atomic E-state index is 13.9. The maximum Gasteiger partial charge on any atom is 0.299 e. The van der Waals surface area contributed by atoms with E-state index in [-0.39, 0.29) is 34.4 Å². The number of rotatable bonds is 4. The molecule has 2 N–H and O–H groups in total. The number of hydrogen-bond donors (Lipinski definition) is 2. The molecule has 2 aromatic heterocycles. The van der Waals surface area contributed by atoms with E-state index < -0.39 is 11.6 Å². The molecule has 0 radical (unpaired) electrons. The number of benzene rings is 2. The molecule has 0 saturated heterocycles. The van der Waals surface area contributed by atoms with Crippen LogP contribution in [0.4, 0.5) is 31.8 Å². The highest BCUT2D eigenvalue weighted by molar-refractivity contribution is 5.78. The van der Waals surface area contributed by atoms with Crippen LogP contribution < -0.4 is 10.6 Å². The Morgan fingerprint density at radius 1 is 0.760 bits per heavy atom. The van der Waals surface area contributed by atoms with E-state index in [0.29, 0.717) is 0 Å². The minimum absolute atomic E-state index is 0.0675. The summed E-state index contributed by atoms with van der Waals surface area (Å²) in [6, 6.07) is 12.1. The lowest BCUT2D eigenvalue weighted by atomic mass is 10.3. The number of nitrogens with one attached hydrogen (secondary N) is 2. The average molecular weight is 340 g/mol. The molecule has 0 bridgehead atoms. The number of aromatic nitrogens is 4. The Kier molecular flexibility index (Phi) is 3.65. The fraction of sp³-hybridized carbons (Fsp3) is 0. The molecule has 0 saturated carbocycles. The van der Waals surface area contributed by atoms with Crippen LogP contribution in [0.25, 0.3) is 11.4 Å². The number of halogens is 2. The topological polar surface area (TPSA) is 88.8 Å². The molecular weight excluding hydrogens is 330 g/mol. The summed E-state index contributed by atoms with van der Waals surface area (Å²) < 4.78 is 32.7. The molecule has 0 fully saturated rings. The van der Waals surface area contributed by atoms with Crippen LogP contribution in [-0.4, -0.2) is 20.3 Å². The Balaban J connectivity index is 1.78. The van der Waals surface area contributed by atoms with Gasteiger partial charge in [-0.05, 0) is 24.3 Å². The van der Waals surface area contributed by atoms with Gasteiger partial charge in [0.1, 0.15) is 11.6 Å². The van der Waals surface area contributed by atoms with E-state index in [1.54, 1.807) is 24.3 Å². The number of para-hydroxylation sites is 2. The van der Waals surface area contributed by atoms with Gasteiger partial charge < -0.3 is 15.2 Å². The Morgan fingerprint density at radius 2 is 1.32 bits per heavy atom. The van der Waals surface area contributed by atoms with Crippen LogP contribution in [-0.2, 0) is 0 Å². The minimum atomic E-state index is -0.475. The number of fused-ring (bicyclic) bond motifs is 1. The first-order chi connectivity index (χ1) is 12.2. The van der Waals surface area contributed by atoms with E-state index in [0.717, 1.165) is 0 Å².